The molecule has 3 heteroatoms. The molecule has 1 aromatic carbocycles. The van der Waals surface area contributed by atoms with E-state index in [1.165, 1.54) is 5.56 Å². The van der Waals surface area contributed by atoms with Crippen LogP contribution in [-0.4, -0.2) is 4.98 Å². The summed E-state index contributed by atoms with van der Waals surface area (Å²) in [6, 6.07) is 13.8. The third kappa shape index (κ3) is 3.58. The molecule has 0 aliphatic rings. The van der Waals surface area contributed by atoms with Gasteiger partial charge in [-0.1, -0.05) is 39.0 Å². The Balaban J connectivity index is 1.98. The monoisotopic (exact) mass is 265 g/mol. The van der Waals surface area contributed by atoms with Gasteiger partial charge in [-0.05, 0) is 34.7 Å². The van der Waals surface area contributed by atoms with Crippen LogP contribution in [0.3, 0.4) is 0 Å². The molecule has 0 radical (unpaired) electrons. The van der Waals surface area contributed by atoms with Gasteiger partial charge in [0.2, 0.25) is 0 Å². The predicted octanol–water partition coefficient (Wildman–Crippen LogP) is 3.86. The fourth-order valence-corrected chi connectivity index (χ4v) is 1.83. The van der Waals surface area contributed by atoms with Crippen molar-refractivity contribution in [1.29, 1.82) is 5.26 Å². The molecule has 0 spiro atoms. The Morgan fingerprint density at radius 1 is 1.10 bits per heavy atom. The zero-order chi connectivity index (χ0) is 14.6. The maximum absolute atomic E-state index is 8.75. The van der Waals surface area contributed by atoms with Gasteiger partial charge in [0.15, 0.2) is 0 Å². The lowest BCUT2D eigenvalue weighted by Gasteiger charge is -2.18. The van der Waals surface area contributed by atoms with Crippen molar-refractivity contribution in [2.45, 2.75) is 32.7 Å². The number of pyridine rings is 1. The van der Waals surface area contributed by atoms with Crippen LogP contribution in [0.5, 0.6) is 0 Å². The summed E-state index contributed by atoms with van der Waals surface area (Å²) < 4.78 is 0. The number of anilines is 1. The number of aromatic nitrogens is 1. The van der Waals surface area contributed by atoms with Crippen LogP contribution in [0.1, 0.15) is 37.5 Å². The van der Waals surface area contributed by atoms with Gasteiger partial charge in [-0.15, -0.1) is 0 Å². The van der Waals surface area contributed by atoms with E-state index in [0.29, 0.717) is 12.1 Å². The molecular formula is C17H19N3. The van der Waals surface area contributed by atoms with Gasteiger partial charge in [-0.3, -0.25) is 0 Å². The van der Waals surface area contributed by atoms with Crippen molar-refractivity contribution in [3.8, 4) is 6.07 Å². The number of nitrogens with zero attached hydrogens (tertiary/aromatic N) is 2. The van der Waals surface area contributed by atoms with Crippen LogP contribution in [0.2, 0.25) is 0 Å². The Bertz CT molecular complexity index is 599. The van der Waals surface area contributed by atoms with E-state index in [1.54, 1.807) is 0 Å². The highest BCUT2D eigenvalue weighted by Crippen LogP contribution is 2.22. The summed E-state index contributed by atoms with van der Waals surface area (Å²) >= 11 is 0. The Hall–Kier alpha value is -2.34. The predicted molar refractivity (Wildman–Crippen MR) is 81.4 cm³/mol. The number of hydrogen-bond acceptors (Lipinski definition) is 3. The van der Waals surface area contributed by atoms with Crippen LogP contribution >= 0.6 is 0 Å². The Morgan fingerprint density at radius 3 is 2.30 bits per heavy atom. The molecule has 20 heavy (non-hydrogen) atoms. The van der Waals surface area contributed by atoms with Crippen molar-refractivity contribution in [2.75, 3.05) is 5.32 Å². The van der Waals surface area contributed by atoms with Crippen molar-refractivity contribution in [3.63, 3.8) is 0 Å². The summed E-state index contributed by atoms with van der Waals surface area (Å²) in [5.74, 6) is 0.863. The zero-order valence-corrected chi connectivity index (χ0v) is 12.1. The lowest BCUT2D eigenvalue weighted by atomic mass is 9.88. The second kappa shape index (κ2) is 5.75. The summed E-state index contributed by atoms with van der Waals surface area (Å²) in [6.45, 7) is 7.23. The van der Waals surface area contributed by atoms with E-state index in [4.69, 9.17) is 5.26 Å². The zero-order valence-electron chi connectivity index (χ0n) is 12.1. The molecule has 0 saturated carbocycles. The van der Waals surface area contributed by atoms with Crippen molar-refractivity contribution in [3.05, 3.63) is 59.3 Å². The third-order valence-corrected chi connectivity index (χ3v) is 3.19. The number of nitriles is 1. The van der Waals surface area contributed by atoms with Crippen molar-refractivity contribution in [2.24, 2.45) is 0 Å². The molecule has 2 rings (SSSR count). The third-order valence-electron chi connectivity index (χ3n) is 3.19. The standard InChI is InChI=1S/C17H19N3/c1-17(2,3)15-8-9-16(20-12-15)19-11-14-6-4-13(10-18)5-7-14/h4-9,12H,11H2,1-3H3,(H,19,20). The maximum Gasteiger partial charge on any atom is 0.126 e. The average molecular weight is 265 g/mol. The van der Waals surface area contributed by atoms with Gasteiger partial charge in [0.1, 0.15) is 5.82 Å². The van der Waals surface area contributed by atoms with E-state index in [2.05, 4.69) is 43.2 Å². The molecule has 0 atom stereocenters. The van der Waals surface area contributed by atoms with Crippen LogP contribution in [0.4, 0.5) is 5.82 Å². The van der Waals surface area contributed by atoms with Crippen LogP contribution in [0.25, 0.3) is 0 Å². The summed E-state index contributed by atoms with van der Waals surface area (Å²) in [5, 5.41) is 12.0. The van der Waals surface area contributed by atoms with Crippen LogP contribution in [-0.2, 0) is 12.0 Å². The Kier molecular flexibility index (Phi) is 4.05. The number of hydrogen-bond donors (Lipinski definition) is 1. The van der Waals surface area contributed by atoms with Gasteiger partial charge in [0, 0.05) is 12.7 Å². The molecule has 2 aromatic rings. The first kappa shape index (κ1) is 14.1. The highest BCUT2D eigenvalue weighted by atomic mass is 15.0. The minimum Gasteiger partial charge on any atom is -0.366 e. The van der Waals surface area contributed by atoms with E-state index in [0.717, 1.165) is 11.4 Å². The molecule has 0 aliphatic heterocycles. The number of benzene rings is 1. The normalized spacial score (nSPS) is 10.9. The molecule has 0 fully saturated rings. The van der Waals surface area contributed by atoms with E-state index < -0.39 is 0 Å². The minimum atomic E-state index is 0.124. The van der Waals surface area contributed by atoms with Crippen LogP contribution in [0.15, 0.2) is 42.6 Å². The number of nitrogens with one attached hydrogen (secondary N) is 1. The summed E-state index contributed by atoms with van der Waals surface area (Å²) in [7, 11) is 0. The SMILES string of the molecule is CC(C)(C)c1ccc(NCc2ccc(C#N)cc2)nc1. The lowest BCUT2D eigenvalue weighted by molar-refractivity contribution is 0.587. The van der Waals surface area contributed by atoms with Gasteiger partial charge < -0.3 is 5.32 Å². The first-order valence-electron chi connectivity index (χ1n) is 6.68. The average Bonchev–Trinajstić information content (AvgIpc) is 2.45. The largest absolute Gasteiger partial charge is 0.366 e. The fourth-order valence-electron chi connectivity index (χ4n) is 1.83. The topological polar surface area (TPSA) is 48.7 Å². The van der Waals surface area contributed by atoms with E-state index in [9.17, 15) is 0 Å². The van der Waals surface area contributed by atoms with Crippen molar-refractivity contribution < 1.29 is 0 Å². The molecule has 1 aromatic heterocycles. The highest BCUT2D eigenvalue weighted by molar-refractivity contribution is 5.39. The Labute approximate surface area is 120 Å². The molecule has 1 heterocycles. The van der Waals surface area contributed by atoms with Crippen molar-refractivity contribution in [1.82, 2.24) is 4.98 Å². The van der Waals surface area contributed by atoms with Gasteiger partial charge in [0.05, 0.1) is 11.6 Å². The summed E-state index contributed by atoms with van der Waals surface area (Å²) in [5.41, 5.74) is 3.16. The van der Waals surface area contributed by atoms with Crippen molar-refractivity contribution >= 4 is 5.82 Å². The lowest BCUT2D eigenvalue weighted by Crippen LogP contribution is -2.11. The quantitative estimate of drug-likeness (QED) is 0.916. The second-order valence-electron chi connectivity index (χ2n) is 5.84. The molecule has 0 saturated heterocycles. The van der Waals surface area contributed by atoms with E-state index in [-0.39, 0.29) is 5.41 Å². The van der Waals surface area contributed by atoms with Gasteiger partial charge in [0.25, 0.3) is 0 Å². The molecule has 1 N–H and O–H groups in total. The number of rotatable bonds is 3. The Morgan fingerprint density at radius 2 is 1.80 bits per heavy atom. The van der Waals surface area contributed by atoms with E-state index >= 15 is 0 Å². The molecular weight excluding hydrogens is 246 g/mol. The molecule has 0 amide bonds. The molecule has 0 aliphatic carbocycles. The van der Waals surface area contributed by atoms with Gasteiger partial charge in [-0.25, -0.2) is 4.98 Å². The van der Waals surface area contributed by atoms with Crippen LogP contribution in [0, 0.1) is 11.3 Å². The minimum absolute atomic E-state index is 0.124. The summed E-state index contributed by atoms with van der Waals surface area (Å²) in [6.07, 6.45) is 1.92. The van der Waals surface area contributed by atoms with Gasteiger partial charge >= 0.3 is 0 Å². The van der Waals surface area contributed by atoms with Gasteiger partial charge in [-0.2, -0.15) is 5.26 Å². The van der Waals surface area contributed by atoms with E-state index in [1.807, 2.05) is 36.5 Å². The van der Waals surface area contributed by atoms with Crippen LogP contribution < -0.4 is 5.32 Å². The first-order chi connectivity index (χ1) is 9.49. The molecule has 102 valence electrons. The molecule has 0 bridgehead atoms. The molecule has 0 unspecified atom stereocenters. The maximum atomic E-state index is 8.75. The summed E-state index contributed by atoms with van der Waals surface area (Å²) in [4.78, 5) is 4.43. The highest BCUT2D eigenvalue weighted by Gasteiger charge is 2.13. The second-order valence-corrected chi connectivity index (χ2v) is 5.84. The fraction of sp³-hybridized carbons (Fsp3) is 0.294. The smallest absolute Gasteiger partial charge is 0.126 e. The molecule has 3 nitrogen and oxygen atoms in total. The first-order valence-corrected chi connectivity index (χ1v) is 6.68.